The van der Waals surface area contributed by atoms with Gasteiger partial charge in [0, 0.05) is 38.0 Å². The van der Waals surface area contributed by atoms with Gasteiger partial charge in [-0.15, -0.1) is 0 Å². The van der Waals surface area contributed by atoms with E-state index in [4.69, 9.17) is 5.73 Å². The molecule has 6 nitrogen and oxygen atoms in total. The number of thioether (sulfide) groups is 1. The largest absolute Gasteiger partial charge is 0.369 e. The standard InChI is InChI=1S/C23H37N5OS/c1-25-23(27-20-9-4-10-21(13-20)30-2)26-14-17-6-3-7-18(12-17)15-28-11-5-8-19(16-28)22(24)29/h3,6-7,12,19-21H,4-5,8-11,13-16H2,1-2H3,(H2,24,29)(H2,25,26,27). The van der Waals surface area contributed by atoms with Crippen LogP contribution in [0, 0.1) is 5.92 Å². The number of piperidine rings is 1. The van der Waals surface area contributed by atoms with Gasteiger partial charge in [0.05, 0.1) is 5.92 Å². The lowest BCUT2D eigenvalue weighted by Crippen LogP contribution is -2.45. The molecule has 1 aromatic rings. The highest BCUT2D eigenvalue weighted by Crippen LogP contribution is 2.26. The Labute approximate surface area is 185 Å². The zero-order valence-electron chi connectivity index (χ0n) is 18.4. The molecule has 3 atom stereocenters. The van der Waals surface area contributed by atoms with E-state index in [0.29, 0.717) is 6.04 Å². The highest BCUT2D eigenvalue weighted by atomic mass is 32.2. The molecular formula is C23H37N5OS. The van der Waals surface area contributed by atoms with Crippen LogP contribution < -0.4 is 16.4 Å². The maximum atomic E-state index is 11.5. The molecule has 2 fully saturated rings. The molecule has 3 unspecified atom stereocenters. The lowest BCUT2D eigenvalue weighted by molar-refractivity contribution is -0.123. The Morgan fingerprint density at radius 3 is 2.87 bits per heavy atom. The Hall–Kier alpha value is -1.73. The van der Waals surface area contributed by atoms with Gasteiger partial charge in [-0.05, 0) is 56.0 Å². The van der Waals surface area contributed by atoms with Crippen molar-refractivity contribution in [3.63, 3.8) is 0 Å². The number of aliphatic imine (C=N–C) groups is 1. The first kappa shape index (κ1) is 22.9. The molecule has 1 heterocycles. The lowest BCUT2D eigenvalue weighted by atomic mass is 9.95. The first-order valence-corrected chi connectivity index (χ1v) is 12.5. The second kappa shape index (κ2) is 11.6. The topological polar surface area (TPSA) is 82.8 Å². The molecule has 1 aliphatic carbocycles. The van der Waals surface area contributed by atoms with E-state index in [-0.39, 0.29) is 11.8 Å². The third kappa shape index (κ3) is 6.91. The number of hydrogen-bond acceptors (Lipinski definition) is 4. The zero-order chi connectivity index (χ0) is 21.3. The van der Waals surface area contributed by atoms with Crippen LogP contribution in [0.2, 0.25) is 0 Å². The van der Waals surface area contributed by atoms with Crippen LogP contribution in [0.25, 0.3) is 0 Å². The predicted molar refractivity (Wildman–Crippen MR) is 127 cm³/mol. The summed E-state index contributed by atoms with van der Waals surface area (Å²) in [4.78, 5) is 18.3. The second-order valence-corrected chi connectivity index (χ2v) is 9.73. The fraction of sp³-hybridized carbons (Fsp3) is 0.652. The van der Waals surface area contributed by atoms with Gasteiger partial charge in [0.2, 0.25) is 5.91 Å². The summed E-state index contributed by atoms with van der Waals surface area (Å²) >= 11 is 1.98. The molecule has 3 rings (SSSR count). The monoisotopic (exact) mass is 431 g/mol. The quantitative estimate of drug-likeness (QED) is 0.457. The van der Waals surface area contributed by atoms with E-state index in [1.54, 1.807) is 0 Å². The number of benzene rings is 1. The average Bonchev–Trinajstić information content (AvgIpc) is 2.77. The number of hydrogen-bond donors (Lipinski definition) is 3. The molecule has 0 bridgehead atoms. The van der Waals surface area contributed by atoms with E-state index in [1.807, 2.05) is 18.8 Å². The number of carbonyl (C=O) groups is 1. The molecule has 1 amide bonds. The minimum absolute atomic E-state index is 0.0107. The molecule has 2 aliphatic rings. The Balaban J connectivity index is 1.50. The van der Waals surface area contributed by atoms with Crippen molar-refractivity contribution >= 4 is 23.6 Å². The Morgan fingerprint density at radius 2 is 2.10 bits per heavy atom. The summed E-state index contributed by atoms with van der Waals surface area (Å²) in [6.07, 6.45) is 9.21. The molecule has 1 aliphatic heterocycles. The smallest absolute Gasteiger partial charge is 0.221 e. The van der Waals surface area contributed by atoms with Crippen LogP contribution in [0.5, 0.6) is 0 Å². The normalized spacial score (nSPS) is 25.7. The Morgan fingerprint density at radius 1 is 1.27 bits per heavy atom. The van der Waals surface area contributed by atoms with E-state index in [1.165, 1.54) is 36.8 Å². The van der Waals surface area contributed by atoms with Gasteiger partial charge in [0.15, 0.2) is 5.96 Å². The zero-order valence-corrected chi connectivity index (χ0v) is 19.2. The molecule has 7 heteroatoms. The van der Waals surface area contributed by atoms with Crippen molar-refractivity contribution in [1.82, 2.24) is 15.5 Å². The molecule has 166 valence electrons. The first-order valence-electron chi connectivity index (χ1n) is 11.2. The number of likely N-dealkylation sites (tertiary alicyclic amines) is 1. The van der Waals surface area contributed by atoms with Gasteiger partial charge in [-0.25, -0.2) is 0 Å². The van der Waals surface area contributed by atoms with E-state index in [0.717, 1.165) is 50.2 Å². The van der Waals surface area contributed by atoms with E-state index in [9.17, 15) is 4.79 Å². The maximum Gasteiger partial charge on any atom is 0.221 e. The second-order valence-electron chi connectivity index (χ2n) is 8.59. The minimum Gasteiger partial charge on any atom is -0.369 e. The Kier molecular flexibility index (Phi) is 8.88. The van der Waals surface area contributed by atoms with E-state index < -0.39 is 0 Å². The van der Waals surface area contributed by atoms with Gasteiger partial charge in [-0.1, -0.05) is 30.7 Å². The van der Waals surface area contributed by atoms with Gasteiger partial charge in [-0.2, -0.15) is 11.8 Å². The van der Waals surface area contributed by atoms with Gasteiger partial charge in [-0.3, -0.25) is 14.7 Å². The van der Waals surface area contributed by atoms with Crippen molar-refractivity contribution in [2.45, 2.75) is 62.9 Å². The average molecular weight is 432 g/mol. The van der Waals surface area contributed by atoms with Crippen LogP contribution in [0.4, 0.5) is 0 Å². The summed E-state index contributed by atoms with van der Waals surface area (Å²) in [5.74, 6) is 0.703. The number of nitrogens with zero attached hydrogens (tertiary/aromatic N) is 2. The third-order valence-corrected chi connectivity index (χ3v) is 7.38. The molecule has 1 aromatic carbocycles. The third-order valence-electron chi connectivity index (χ3n) is 6.29. The molecular weight excluding hydrogens is 394 g/mol. The maximum absolute atomic E-state index is 11.5. The number of nitrogens with two attached hydrogens (primary N) is 1. The summed E-state index contributed by atoms with van der Waals surface area (Å²) in [6.45, 7) is 3.41. The molecule has 0 radical (unpaired) electrons. The molecule has 30 heavy (non-hydrogen) atoms. The van der Waals surface area contributed by atoms with Gasteiger partial charge in [0.1, 0.15) is 0 Å². The predicted octanol–water partition coefficient (Wildman–Crippen LogP) is 2.72. The fourth-order valence-corrected chi connectivity index (χ4v) is 5.42. The molecule has 1 saturated heterocycles. The molecule has 0 aromatic heterocycles. The van der Waals surface area contributed by atoms with Crippen molar-refractivity contribution in [1.29, 1.82) is 0 Å². The van der Waals surface area contributed by atoms with Crippen molar-refractivity contribution in [3.8, 4) is 0 Å². The van der Waals surface area contributed by atoms with E-state index >= 15 is 0 Å². The van der Waals surface area contributed by atoms with Crippen LogP contribution in [0.1, 0.15) is 49.7 Å². The van der Waals surface area contributed by atoms with Crippen LogP contribution in [-0.4, -0.2) is 54.5 Å². The number of carbonyl (C=O) groups excluding carboxylic acids is 1. The van der Waals surface area contributed by atoms with Crippen LogP contribution >= 0.6 is 11.8 Å². The van der Waals surface area contributed by atoms with Gasteiger partial charge < -0.3 is 16.4 Å². The number of primary amides is 1. The summed E-state index contributed by atoms with van der Waals surface area (Å²) < 4.78 is 0. The molecule has 1 saturated carbocycles. The highest BCUT2D eigenvalue weighted by Gasteiger charge is 2.24. The van der Waals surface area contributed by atoms with Crippen LogP contribution in [0.3, 0.4) is 0 Å². The van der Waals surface area contributed by atoms with Crippen molar-refractivity contribution in [2.75, 3.05) is 26.4 Å². The lowest BCUT2D eigenvalue weighted by Gasteiger charge is -2.31. The van der Waals surface area contributed by atoms with Gasteiger partial charge in [0.25, 0.3) is 0 Å². The number of rotatable bonds is 7. The van der Waals surface area contributed by atoms with Crippen molar-refractivity contribution in [2.24, 2.45) is 16.6 Å². The Bertz CT molecular complexity index is 725. The first-order chi connectivity index (χ1) is 14.6. The highest BCUT2D eigenvalue weighted by molar-refractivity contribution is 7.99. The van der Waals surface area contributed by atoms with E-state index in [2.05, 4.69) is 51.0 Å². The van der Waals surface area contributed by atoms with Crippen molar-refractivity contribution in [3.05, 3.63) is 35.4 Å². The SMILES string of the molecule is CN=C(NCc1cccc(CN2CCCC(C(N)=O)C2)c1)NC1CCCC(SC)C1. The van der Waals surface area contributed by atoms with Crippen LogP contribution in [-0.2, 0) is 17.9 Å². The number of guanidine groups is 1. The molecule has 4 N–H and O–H groups in total. The fourth-order valence-electron chi connectivity index (χ4n) is 4.59. The number of amides is 1. The van der Waals surface area contributed by atoms with Gasteiger partial charge >= 0.3 is 0 Å². The minimum atomic E-state index is -0.168. The molecule has 0 spiro atoms. The summed E-state index contributed by atoms with van der Waals surface area (Å²) in [5, 5.41) is 7.84. The summed E-state index contributed by atoms with van der Waals surface area (Å²) in [5.41, 5.74) is 8.03. The summed E-state index contributed by atoms with van der Waals surface area (Å²) in [7, 11) is 1.84. The van der Waals surface area contributed by atoms with Crippen LogP contribution in [0.15, 0.2) is 29.3 Å². The summed E-state index contributed by atoms with van der Waals surface area (Å²) in [6, 6.07) is 9.18. The van der Waals surface area contributed by atoms with Crippen molar-refractivity contribution < 1.29 is 4.79 Å². The number of nitrogens with one attached hydrogen (secondary N) is 2.